The Kier molecular flexibility index (Phi) is 8.23. The highest BCUT2D eigenvalue weighted by molar-refractivity contribution is 7.20. The van der Waals surface area contributed by atoms with Gasteiger partial charge in [-0.1, -0.05) is 25.1 Å². The number of hydrogen-bond donors (Lipinski definition) is 2. The van der Waals surface area contributed by atoms with Gasteiger partial charge in [0.25, 0.3) is 5.56 Å². The number of aromatic amines is 1. The van der Waals surface area contributed by atoms with Gasteiger partial charge < -0.3 is 19.6 Å². The van der Waals surface area contributed by atoms with E-state index in [0.717, 1.165) is 22.6 Å². The van der Waals surface area contributed by atoms with Crippen molar-refractivity contribution in [3.63, 3.8) is 0 Å². The van der Waals surface area contributed by atoms with Crippen LogP contribution >= 0.6 is 11.3 Å². The average Bonchev–Trinajstić information content (AvgIpc) is 3.09. The van der Waals surface area contributed by atoms with Gasteiger partial charge in [-0.05, 0) is 51.4 Å². The zero-order chi connectivity index (χ0) is 24.1. The predicted molar refractivity (Wildman–Crippen MR) is 129 cm³/mol. The van der Waals surface area contributed by atoms with Crippen molar-refractivity contribution in [2.24, 2.45) is 0 Å². The maximum Gasteiger partial charge on any atom is 0.348 e. The number of nitrogens with one attached hydrogen (secondary N) is 1. The Labute approximate surface area is 197 Å². The molecule has 0 aliphatic heterocycles. The molecule has 2 N–H and O–H groups in total. The molecule has 0 spiro atoms. The number of benzene rings is 1. The van der Waals surface area contributed by atoms with Gasteiger partial charge in [-0.25, -0.2) is 9.78 Å². The molecular formula is C24H31N3O5S. The lowest BCUT2D eigenvalue weighted by Crippen LogP contribution is -2.36. The molecule has 33 heavy (non-hydrogen) atoms. The number of carbonyl (C=O) groups is 1. The number of thiophene rings is 1. The van der Waals surface area contributed by atoms with E-state index in [4.69, 9.17) is 9.47 Å². The minimum Gasteiger partial charge on any atom is -0.491 e. The summed E-state index contributed by atoms with van der Waals surface area (Å²) in [7, 11) is 0. The van der Waals surface area contributed by atoms with E-state index in [1.165, 1.54) is 0 Å². The lowest BCUT2D eigenvalue weighted by atomic mass is 10.2. The van der Waals surface area contributed by atoms with E-state index in [9.17, 15) is 14.7 Å². The van der Waals surface area contributed by atoms with Gasteiger partial charge in [0, 0.05) is 6.54 Å². The fraction of sp³-hybridized carbons (Fsp3) is 0.458. The number of fused-ring (bicyclic) bond motifs is 1. The standard InChI is InChI=1S/C24H31N3O5S/c1-6-27(11-17(28)13-31-18-10-8-7-9-15(18)4)12-19-25-22(29)20-16(5)21(33-23(20)26-19)24(30)32-14(2)3/h7-10,14,17,28H,6,11-13H2,1-5H3,(H,25,26,29)/t17-/m1/s1. The lowest BCUT2D eigenvalue weighted by molar-refractivity contribution is 0.0383. The molecule has 2 aromatic heterocycles. The number of H-pyrrole nitrogens is 1. The summed E-state index contributed by atoms with van der Waals surface area (Å²) in [5, 5.41) is 10.9. The Balaban J connectivity index is 1.70. The van der Waals surface area contributed by atoms with Gasteiger partial charge in [-0.2, -0.15) is 0 Å². The number of carbonyl (C=O) groups excluding carboxylic acids is 1. The Hall–Kier alpha value is -2.75. The molecule has 2 heterocycles. The first-order valence-corrected chi connectivity index (χ1v) is 11.8. The zero-order valence-electron chi connectivity index (χ0n) is 19.7. The quantitative estimate of drug-likeness (QED) is 0.435. The van der Waals surface area contributed by atoms with Crippen LogP contribution in [0.25, 0.3) is 10.2 Å². The van der Waals surface area contributed by atoms with Crippen molar-refractivity contribution in [1.82, 2.24) is 14.9 Å². The fourth-order valence-corrected chi connectivity index (χ4v) is 4.58. The highest BCUT2D eigenvalue weighted by Crippen LogP contribution is 2.28. The number of para-hydroxylation sites is 1. The van der Waals surface area contributed by atoms with Gasteiger partial charge in [0.1, 0.15) is 34.0 Å². The Morgan fingerprint density at radius 1 is 1.27 bits per heavy atom. The second-order valence-corrected chi connectivity index (χ2v) is 9.26. The van der Waals surface area contributed by atoms with E-state index < -0.39 is 12.1 Å². The molecule has 0 radical (unpaired) electrons. The molecule has 0 amide bonds. The first-order valence-electron chi connectivity index (χ1n) is 11.0. The lowest BCUT2D eigenvalue weighted by Gasteiger charge is -2.23. The van der Waals surface area contributed by atoms with E-state index >= 15 is 0 Å². The average molecular weight is 474 g/mol. The van der Waals surface area contributed by atoms with Gasteiger partial charge in [-0.15, -0.1) is 11.3 Å². The number of rotatable bonds is 10. The van der Waals surface area contributed by atoms with Crippen LogP contribution in [0.5, 0.6) is 5.75 Å². The normalized spacial score (nSPS) is 12.5. The molecule has 0 saturated heterocycles. The van der Waals surface area contributed by atoms with Crippen LogP contribution in [0.3, 0.4) is 0 Å². The molecule has 0 saturated carbocycles. The Morgan fingerprint density at radius 3 is 2.67 bits per heavy atom. The number of hydrogen-bond acceptors (Lipinski definition) is 8. The summed E-state index contributed by atoms with van der Waals surface area (Å²) in [6.07, 6.45) is -0.954. The second-order valence-electron chi connectivity index (χ2n) is 8.26. The van der Waals surface area contributed by atoms with Crippen LogP contribution in [0.2, 0.25) is 0 Å². The third kappa shape index (κ3) is 6.19. The van der Waals surface area contributed by atoms with Crippen molar-refractivity contribution in [2.75, 3.05) is 19.7 Å². The molecule has 8 nitrogen and oxygen atoms in total. The molecule has 0 aliphatic carbocycles. The third-order valence-corrected chi connectivity index (χ3v) is 6.36. The molecule has 1 aromatic carbocycles. The number of likely N-dealkylation sites (N-methyl/N-ethyl adjacent to an activating group) is 1. The van der Waals surface area contributed by atoms with Gasteiger partial charge in [-0.3, -0.25) is 9.69 Å². The molecule has 0 unspecified atom stereocenters. The van der Waals surface area contributed by atoms with Crippen LogP contribution in [0, 0.1) is 13.8 Å². The molecule has 0 aliphatic rings. The maximum atomic E-state index is 12.7. The summed E-state index contributed by atoms with van der Waals surface area (Å²) < 4.78 is 11.0. The molecule has 0 bridgehead atoms. The smallest absolute Gasteiger partial charge is 0.348 e. The van der Waals surface area contributed by atoms with E-state index in [0.29, 0.717) is 46.1 Å². The van der Waals surface area contributed by atoms with Crippen LogP contribution in [0.4, 0.5) is 0 Å². The van der Waals surface area contributed by atoms with E-state index in [1.54, 1.807) is 20.8 Å². The first kappa shape index (κ1) is 24.9. The monoisotopic (exact) mass is 473 g/mol. The molecule has 0 fully saturated rings. The second kappa shape index (κ2) is 10.9. The highest BCUT2D eigenvalue weighted by Gasteiger charge is 2.22. The number of esters is 1. The number of ether oxygens (including phenoxy) is 2. The molecule has 1 atom stereocenters. The van der Waals surface area contributed by atoms with Crippen molar-refractivity contribution >= 4 is 27.5 Å². The maximum absolute atomic E-state index is 12.7. The van der Waals surface area contributed by atoms with Crippen molar-refractivity contribution in [3.05, 3.63) is 56.4 Å². The summed E-state index contributed by atoms with van der Waals surface area (Å²) in [5.41, 5.74) is 1.30. The number of aryl methyl sites for hydroxylation is 2. The highest BCUT2D eigenvalue weighted by atomic mass is 32.1. The van der Waals surface area contributed by atoms with Gasteiger partial charge >= 0.3 is 5.97 Å². The van der Waals surface area contributed by atoms with Crippen molar-refractivity contribution < 1.29 is 19.4 Å². The summed E-state index contributed by atoms with van der Waals surface area (Å²) >= 11 is 1.16. The van der Waals surface area contributed by atoms with Gasteiger partial charge in [0.05, 0.1) is 18.0 Å². The summed E-state index contributed by atoms with van der Waals surface area (Å²) in [6, 6.07) is 7.66. The van der Waals surface area contributed by atoms with Gasteiger partial charge in [0.15, 0.2) is 0 Å². The number of aromatic nitrogens is 2. The largest absolute Gasteiger partial charge is 0.491 e. The fourth-order valence-electron chi connectivity index (χ4n) is 3.50. The molecule has 178 valence electrons. The van der Waals surface area contributed by atoms with Gasteiger partial charge in [0.2, 0.25) is 0 Å². The Morgan fingerprint density at radius 2 is 2.00 bits per heavy atom. The Bertz CT molecular complexity index is 1170. The van der Waals surface area contributed by atoms with Crippen molar-refractivity contribution in [2.45, 2.75) is 53.4 Å². The van der Waals surface area contributed by atoms with E-state index in [-0.39, 0.29) is 18.3 Å². The molecular weight excluding hydrogens is 442 g/mol. The number of nitrogens with zero attached hydrogens (tertiary/aromatic N) is 2. The third-order valence-electron chi connectivity index (χ3n) is 5.19. The van der Waals surface area contributed by atoms with E-state index in [1.807, 2.05) is 43.0 Å². The van der Waals surface area contributed by atoms with Crippen LogP contribution < -0.4 is 10.3 Å². The van der Waals surface area contributed by atoms with Crippen LogP contribution in [0.1, 0.15) is 47.4 Å². The minimum absolute atomic E-state index is 0.162. The van der Waals surface area contributed by atoms with Crippen LogP contribution in [0.15, 0.2) is 29.1 Å². The minimum atomic E-state index is -0.707. The van der Waals surface area contributed by atoms with Crippen molar-refractivity contribution in [1.29, 1.82) is 0 Å². The summed E-state index contributed by atoms with van der Waals surface area (Å²) in [6.45, 7) is 10.8. The van der Waals surface area contributed by atoms with E-state index in [2.05, 4.69) is 9.97 Å². The number of aliphatic hydroxyl groups excluding tert-OH is 1. The predicted octanol–water partition coefficient (Wildman–Crippen LogP) is 3.43. The van der Waals surface area contributed by atoms with Crippen LogP contribution in [-0.4, -0.2) is 57.8 Å². The number of aliphatic hydroxyl groups is 1. The van der Waals surface area contributed by atoms with Crippen LogP contribution in [-0.2, 0) is 11.3 Å². The van der Waals surface area contributed by atoms with Crippen molar-refractivity contribution in [3.8, 4) is 5.75 Å². The first-order chi connectivity index (χ1) is 15.7. The SMILES string of the molecule is CCN(Cc1nc2sc(C(=O)OC(C)C)c(C)c2c(=O)[nH]1)C[C@@H](O)COc1ccccc1C. The zero-order valence-corrected chi connectivity index (χ0v) is 20.5. The molecule has 9 heteroatoms. The topological polar surface area (TPSA) is 105 Å². The summed E-state index contributed by atoms with van der Waals surface area (Å²) in [5.74, 6) is 0.778. The summed E-state index contributed by atoms with van der Waals surface area (Å²) in [4.78, 5) is 35.4. The molecule has 3 aromatic rings. The molecule has 3 rings (SSSR count).